The molecule has 2 N–H and O–H groups in total. The maximum atomic E-state index is 13.5. The zero-order valence-electron chi connectivity index (χ0n) is 18.7. The van der Waals surface area contributed by atoms with Crippen LogP contribution in [-0.4, -0.2) is 46.6 Å². The fraction of sp³-hybridized carbons (Fsp3) is 0.333. The van der Waals surface area contributed by atoms with Gasteiger partial charge >= 0.3 is 0 Å². The number of carbonyl (C=O) groups is 1. The van der Waals surface area contributed by atoms with Crippen LogP contribution in [0.25, 0.3) is 5.69 Å². The number of aromatic nitrogens is 3. The lowest BCUT2D eigenvalue weighted by Crippen LogP contribution is -2.40. The summed E-state index contributed by atoms with van der Waals surface area (Å²) in [7, 11) is -3.83. The van der Waals surface area contributed by atoms with Gasteiger partial charge in [-0.3, -0.25) is 4.79 Å². The summed E-state index contributed by atoms with van der Waals surface area (Å²) in [5.41, 5.74) is 1.56. The van der Waals surface area contributed by atoms with Crippen molar-refractivity contribution in [3.05, 3.63) is 71.8 Å². The fourth-order valence-electron chi connectivity index (χ4n) is 4.28. The molecule has 1 aliphatic carbocycles. The summed E-state index contributed by atoms with van der Waals surface area (Å²) >= 11 is 0. The van der Waals surface area contributed by atoms with E-state index in [9.17, 15) is 13.2 Å². The smallest absolute Gasteiger partial charge is 0.293 e. The first-order valence-electron chi connectivity index (χ1n) is 11.2. The van der Waals surface area contributed by atoms with Gasteiger partial charge in [0.25, 0.3) is 5.91 Å². The predicted octanol–water partition coefficient (Wildman–Crippen LogP) is 2.80. The lowest BCUT2D eigenvalue weighted by molar-refractivity contribution is 0.0673. The molecule has 1 aromatic heterocycles. The molecule has 0 bridgehead atoms. The molecule has 0 spiro atoms. The van der Waals surface area contributed by atoms with Gasteiger partial charge in [0.1, 0.15) is 5.82 Å². The molecule has 1 heterocycles. The number of hydrogen-bond donors (Lipinski definition) is 1. The molecule has 2 aromatic carbocycles. The van der Waals surface area contributed by atoms with E-state index in [1.807, 2.05) is 30.3 Å². The van der Waals surface area contributed by atoms with E-state index < -0.39 is 10.0 Å². The largest absolute Gasteiger partial charge is 0.332 e. The van der Waals surface area contributed by atoms with Gasteiger partial charge in [-0.25, -0.2) is 23.2 Å². The van der Waals surface area contributed by atoms with Crippen molar-refractivity contribution in [2.24, 2.45) is 5.14 Å². The van der Waals surface area contributed by atoms with Crippen molar-refractivity contribution in [2.45, 2.75) is 49.5 Å². The Morgan fingerprint density at radius 3 is 2.41 bits per heavy atom. The van der Waals surface area contributed by atoms with Crippen molar-refractivity contribution in [1.29, 1.82) is 5.26 Å². The highest BCUT2D eigenvalue weighted by molar-refractivity contribution is 7.89. The number of nitrogens with zero attached hydrogens (tertiary/aromatic N) is 5. The van der Waals surface area contributed by atoms with Crippen molar-refractivity contribution >= 4 is 15.9 Å². The molecule has 9 nitrogen and oxygen atoms in total. The number of benzene rings is 2. The van der Waals surface area contributed by atoms with Crippen molar-refractivity contribution in [3.8, 4) is 11.8 Å². The van der Waals surface area contributed by atoms with Crippen molar-refractivity contribution < 1.29 is 13.2 Å². The summed E-state index contributed by atoms with van der Waals surface area (Å²) in [5, 5.41) is 18.8. The third-order valence-electron chi connectivity index (χ3n) is 5.97. The number of sulfonamides is 1. The first kappa shape index (κ1) is 23.6. The van der Waals surface area contributed by atoms with Crippen LogP contribution in [0.4, 0.5) is 0 Å². The fourth-order valence-corrected chi connectivity index (χ4v) is 4.79. The maximum absolute atomic E-state index is 13.5. The topological polar surface area (TPSA) is 135 Å². The normalized spacial score (nSPS) is 14.1. The lowest BCUT2D eigenvalue weighted by Gasteiger charge is -2.27. The summed E-state index contributed by atoms with van der Waals surface area (Å²) < 4.78 is 24.8. The zero-order valence-corrected chi connectivity index (χ0v) is 19.5. The molecule has 176 valence electrons. The van der Waals surface area contributed by atoms with Crippen LogP contribution in [0.3, 0.4) is 0 Å². The summed E-state index contributed by atoms with van der Waals surface area (Å²) in [6, 6.07) is 17.9. The summed E-state index contributed by atoms with van der Waals surface area (Å²) in [6.45, 7) is 0.339. The second kappa shape index (κ2) is 10.2. The van der Waals surface area contributed by atoms with Gasteiger partial charge in [0.15, 0.2) is 0 Å². The van der Waals surface area contributed by atoms with Gasteiger partial charge in [-0.2, -0.15) is 5.26 Å². The van der Waals surface area contributed by atoms with E-state index in [4.69, 9.17) is 10.4 Å². The Morgan fingerprint density at radius 2 is 1.79 bits per heavy atom. The molecule has 4 rings (SSSR count). The Kier molecular flexibility index (Phi) is 7.05. The van der Waals surface area contributed by atoms with E-state index in [-0.39, 0.29) is 29.1 Å². The van der Waals surface area contributed by atoms with Gasteiger partial charge in [-0.05, 0) is 42.7 Å². The monoisotopic (exact) mass is 478 g/mol. The van der Waals surface area contributed by atoms with E-state index in [0.29, 0.717) is 24.5 Å². The molecular formula is C24H26N6O3S. The summed E-state index contributed by atoms with van der Waals surface area (Å²) in [5.74, 6) is 0.312. The number of nitrogens with two attached hydrogens (primary N) is 1. The molecule has 0 saturated heterocycles. The third-order valence-corrected chi connectivity index (χ3v) is 6.90. The van der Waals surface area contributed by atoms with Crippen LogP contribution in [0.1, 0.15) is 54.1 Å². The number of nitriles is 1. The molecule has 3 aromatic rings. The highest BCUT2D eigenvalue weighted by atomic mass is 32.2. The van der Waals surface area contributed by atoms with Crippen molar-refractivity contribution in [2.75, 3.05) is 6.54 Å². The Labute approximate surface area is 198 Å². The molecule has 0 unspecified atom stereocenters. The van der Waals surface area contributed by atoms with Gasteiger partial charge in [0.2, 0.25) is 15.8 Å². The third kappa shape index (κ3) is 5.32. The Bertz CT molecular complexity index is 1290. The molecule has 0 atom stereocenters. The molecule has 1 aliphatic rings. The second-order valence-electron chi connectivity index (χ2n) is 8.31. The van der Waals surface area contributed by atoms with Crippen LogP contribution in [0.15, 0.2) is 59.5 Å². The average Bonchev–Trinajstić information content (AvgIpc) is 3.50. The van der Waals surface area contributed by atoms with Crippen LogP contribution < -0.4 is 5.14 Å². The van der Waals surface area contributed by atoms with Crippen LogP contribution in [0.2, 0.25) is 0 Å². The van der Waals surface area contributed by atoms with Gasteiger partial charge in [0.05, 0.1) is 23.1 Å². The highest BCUT2D eigenvalue weighted by Crippen LogP contribution is 2.25. The van der Waals surface area contributed by atoms with Gasteiger partial charge < -0.3 is 4.90 Å². The molecular weight excluding hydrogens is 452 g/mol. The minimum Gasteiger partial charge on any atom is -0.332 e. The molecule has 1 amide bonds. The van der Waals surface area contributed by atoms with Crippen LogP contribution >= 0.6 is 0 Å². The molecule has 1 saturated carbocycles. The molecule has 0 radical (unpaired) electrons. The number of carbonyl (C=O) groups excluding carboxylic acids is 1. The van der Waals surface area contributed by atoms with E-state index in [1.54, 1.807) is 21.7 Å². The van der Waals surface area contributed by atoms with Gasteiger partial charge in [-0.1, -0.05) is 43.2 Å². The van der Waals surface area contributed by atoms with Crippen LogP contribution in [0, 0.1) is 11.3 Å². The first-order valence-corrected chi connectivity index (χ1v) is 12.7. The molecule has 34 heavy (non-hydrogen) atoms. The lowest BCUT2D eigenvalue weighted by atomic mass is 10.1. The Hall–Kier alpha value is -3.55. The first-order chi connectivity index (χ1) is 16.4. The maximum Gasteiger partial charge on any atom is 0.293 e. The van der Waals surface area contributed by atoms with E-state index >= 15 is 0 Å². The van der Waals surface area contributed by atoms with Crippen molar-refractivity contribution in [3.63, 3.8) is 0 Å². The van der Waals surface area contributed by atoms with Crippen LogP contribution in [-0.2, 0) is 16.4 Å². The minimum absolute atomic E-state index is 0.0128. The zero-order chi connectivity index (χ0) is 24.1. The SMILES string of the molecule is N#CCCN(C(=O)c1nc(Cc2ccccc2)n(-c2ccc(S(N)(=O)=O)cc2)n1)C1CCCC1. The number of hydrogen-bond acceptors (Lipinski definition) is 6. The van der Waals surface area contributed by atoms with Crippen LogP contribution in [0.5, 0.6) is 0 Å². The Balaban J connectivity index is 1.72. The van der Waals surface area contributed by atoms with E-state index in [2.05, 4.69) is 16.2 Å². The molecule has 10 heteroatoms. The number of primary sulfonamides is 1. The Morgan fingerprint density at radius 1 is 1.12 bits per heavy atom. The van der Waals surface area contributed by atoms with Gasteiger partial charge in [-0.15, -0.1) is 5.10 Å². The quantitative estimate of drug-likeness (QED) is 0.529. The van der Waals surface area contributed by atoms with Gasteiger partial charge in [0, 0.05) is 19.0 Å². The number of rotatable bonds is 8. The van der Waals surface area contributed by atoms with E-state index in [0.717, 1.165) is 31.2 Å². The molecule has 0 aliphatic heterocycles. The van der Waals surface area contributed by atoms with E-state index in [1.165, 1.54) is 12.1 Å². The standard InChI is InChI=1S/C24H26N6O3S/c25-15-6-16-29(19-9-4-5-10-19)24(31)23-27-22(17-18-7-2-1-3-8-18)30(28-23)20-11-13-21(14-12-20)34(26,32)33/h1-3,7-8,11-14,19H,4-6,9-10,16-17H2,(H2,26,32,33). The number of amides is 1. The average molecular weight is 479 g/mol. The highest BCUT2D eigenvalue weighted by Gasteiger charge is 2.30. The molecule has 1 fully saturated rings. The second-order valence-corrected chi connectivity index (χ2v) is 9.87. The summed E-state index contributed by atoms with van der Waals surface area (Å²) in [6.07, 6.45) is 4.60. The summed E-state index contributed by atoms with van der Waals surface area (Å²) in [4.78, 5) is 19.8. The minimum atomic E-state index is -3.83. The predicted molar refractivity (Wildman–Crippen MR) is 126 cm³/mol. The van der Waals surface area contributed by atoms with Crippen molar-refractivity contribution in [1.82, 2.24) is 19.7 Å².